The summed E-state index contributed by atoms with van der Waals surface area (Å²) in [5.74, 6) is 0.364. The van der Waals surface area contributed by atoms with Gasteiger partial charge in [-0.25, -0.2) is 12.8 Å². The summed E-state index contributed by atoms with van der Waals surface area (Å²) in [4.78, 5) is 12.6. The SMILES string of the molecule is O=C(NCCSCc1ccc(Cl)cc1Cl)C1CCCN(S(=O)(=O)c2ccc(F)cc2)C1. The molecule has 0 aromatic heterocycles. The highest BCUT2D eigenvalue weighted by atomic mass is 35.5. The Labute approximate surface area is 196 Å². The highest BCUT2D eigenvalue weighted by Crippen LogP contribution is 2.25. The summed E-state index contributed by atoms with van der Waals surface area (Å²) in [5.41, 5.74) is 0.983. The molecule has 1 saturated heterocycles. The average Bonchev–Trinajstić information content (AvgIpc) is 2.75. The third kappa shape index (κ3) is 6.58. The van der Waals surface area contributed by atoms with Crippen LogP contribution in [0, 0.1) is 11.7 Å². The Kier molecular flexibility index (Phi) is 8.64. The minimum atomic E-state index is -3.75. The molecule has 0 aliphatic carbocycles. The minimum absolute atomic E-state index is 0.0345. The van der Waals surface area contributed by atoms with Crippen molar-refractivity contribution in [3.63, 3.8) is 0 Å². The van der Waals surface area contributed by atoms with Gasteiger partial charge in [-0.2, -0.15) is 16.1 Å². The molecule has 0 spiro atoms. The zero-order valence-corrected chi connectivity index (χ0v) is 19.8. The van der Waals surface area contributed by atoms with Crippen LogP contribution in [0.25, 0.3) is 0 Å². The second kappa shape index (κ2) is 11.0. The molecule has 1 N–H and O–H groups in total. The number of thioether (sulfide) groups is 1. The molecular formula is C21H23Cl2FN2O3S2. The number of rotatable bonds is 8. The van der Waals surface area contributed by atoms with Crippen molar-refractivity contribution in [1.29, 1.82) is 0 Å². The third-order valence-electron chi connectivity index (χ3n) is 5.02. The molecule has 0 bridgehead atoms. The number of benzene rings is 2. The van der Waals surface area contributed by atoms with E-state index in [-0.39, 0.29) is 17.3 Å². The summed E-state index contributed by atoms with van der Waals surface area (Å²) in [7, 11) is -3.75. The highest BCUT2D eigenvalue weighted by Gasteiger charge is 2.33. The summed E-state index contributed by atoms with van der Waals surface area (Å²) in [6, 6.07) is 10.1. The number of hydrogen-bond donors (Lipinski definition) is 1. The predicted octanol–water partition coefficient (Wildman–Crippen LogP) is 4.58. The molecule has 1 heterocycles. The monoisotopic (exact) mass is 504 g/mol. The zero-order valence-electron chi connectivity index (χ0n) is 16.7. The van der Waals surface area contributed by atoms with Crippen LogP contribution in [0.2, 0.25) is 10.0 Å². The van der Waals surface area contributed by atoms with Crippen LogP contribution in [-0.2, 0) is 20.6 Å². The lowest BCUT2D eigenvalue weighted by Crippen LogP contribution is -2.45. The fourth-order valence-electron chi connectivity index (χ4n) is 3.34. The van der Waals surface area contributed by atoms with E-state index in [4.69, 9.17) is 23.2 Å². The van der Waals surface area contributed by atoms with Crippen molar-refractivity contribution >= 4 is 50.9 Å². The highest BCUT2D eigenvalue weighted by molar-refractivity contribution is 7.98. The van der Waals surface area contributed by atoms with E-state index in [2.05, 4.69) is 5.32 Å². The van der Waals surface area contributed by atoms with E-state index >= 15 is 0 Å². The standard InChI is InChI=1S/C21H23Cl2FN2O3S2/c22-17-4-3-16(20(23)12-17)14-30-11-9-25-21(27)15-2-1-10-26(13-15)31(28,29)19-7-5-18(24)6-8-19/h3-8,12,15H,1-2,9-11,13-14H2,(H,25,27). The topological polar surface area (TPSA) is 66.5 Å². The Balaban J connectivity index is 1.46. The molecule has 0 saturated carbocycles. The average molecular weight is 505 g/mol. The predicted molar refractivity (Wildman–Crippen MR) is 124 cm³/mol. The molecule has 2 aromatic rings. The molecule has 1 fully saturated rings. The number of nitrogens with one attached hydrogen (secondary N) is 1. The smallest absolute Gasteiger partial charge is 0.243 e. The van der Waals surface area contributed by atoms with Gasteiger partial charge in [-0.1, -0.05) is 29.3 Å². The first-order chi connectivity index (χ1) is 14.8. The lowest BCUT2D eigenvalue weighted by molar-refractivity contribution is -0.125. The van der Waals surface area contributed by atoms with E-state index in [9.17, 15) is 17.6 Å². The number of carbonyl (C=O) groups excluding carboxylic acids is 1. The molecular weight excluding hydrogens is 482 g/mol. The van der Waals surface area contributed by atoms with Crippen molar-refractivity contribution in [3.8, 4) is 0 Å². The first-order valence-electron chi connectivity index (χ1n) is 9.82. The minimum Gasteiger partial charge on any atom is -0.355 e. The number of nitrogens with zero attached hydrogens (tertiary/aromatic N) is 1. The molecule has 1 amide bonds. The first-order valence-corrected chi connectivity index (χ1v) is 13.2. The van der Waals surface area contributed by atoms with Crippen LogP contribution in [-0.4, -0.2) is 44.0 Å². The molecule has 2 aromatic carbocycles. The van der Waals surface area contributed by atoms with E-state index in [0.29, 0.717) is 47.5 Å². The van der Waals surface area contributed by atoms with Crippen LogP contribution in [0.3, 0.4) is 0 Å². The quantitative estimate of drug-likeness (QED) is 0.534. The number of carbonyl (C=O) groups is 1. The molecule has 0 radical (unpaired) electrons. The molecule has 168 valence electrons. The summed E-state index contributed by atoms with van der Waals surface area (Å²) in [6.07, 6.45) is 1.23. The third-order valence-corrected chi connectivity index (χ3v) is 8.50. The van der Waals surface area contributed by atoms with Gasteiger partial charge in [0, 0.05) is 41.2 Å². The first kappa shape index (κ1) is 24.3. The van der Waals surface area contributed by atoms with Gasteiger partial charge >= 0.3 is 0 Å². The summed E-state index contributed by atoms with van der Waals surface area (Å²) < 4.78 is 40.0. The van der Waals surface area contributed by atoms with Crippen molar-refractivity contribution in [2.75, 3.05) is 25.4 Å². The summed E-state index contributed by atoms with van der Waals surface area (Å²) in [5, 5.41) is 4.11. The van der Waals surface area contributed by atoms with Crippen molar-refractivity contribution in [3.05, 3.63) is 63.9 Å². The van der Waals surface area contributed by atoms with E-state index in [1.165, 1.54) is 16.4 Å². The van der Waals surface area contributed by atoms with Crippen molar-refractivity contribution in [2.24, 2.45) is 5.92 Å². The van der Waals surface area contributed by atoms with Gasteiger partial charge < -0.3 is 5.32 Å². The number of sulfonamides is 1. The number of piperidine rings is 1. The molecule has 3 rings (SSSR count). The maximum absolute atomic E-state index is 13.1. The molecule has 31 heavy (non-hydrogen) atoms. The molecule has 5 nitrogen and oxygen atoms in total. The number of amides is 1. The number of halogens is 3. The fraction of sp³-hybridized carbons (Fsp3) is 0.381. The summed E-state index contributed by atoms with van der Waals surface area (Å²) >= 11 is 13.7. The van der Waals surface area contributed by atoms with E-state index in [1.54, 1.807) is 23.9 Å². The van der Waals surface area contributed by atoms with Crippen LogP contribution >= 0.6 is 35.0 Å². The van der Waals surface area contributed by atoms with Gasteiger partial charge in [-0.3, -0.25) is 4.79 Å². The molecule has 1 unspecified atom stereocenters. The van der Waals surface area contributed by atoms with Crippen molar-refractivity contribution < 1.29 is 17.6 Å². The fourth-order valence-corrected chi connectivity index (χ4v) is 6.28. The molecule has 1 atom stereocenters. The van der Waals surface area contributed by atoms with E-state index < -0.39 is 21.8 Å². The maximum atomic E-state index is 13.1. The Morgan fingerprint density at radius 3 is 2.65 bits per heavy atom. The molecule has 1 aliphatic heterocycles. The Morgan fingerprint density at radius 1 is 1.19 bits per heavy atom. The van der Waals surface area contributed by atoms with Gasteiger partial charge in [0.15, 0.2) is 0 Å². The largest absolute Gasteiger partial charge is 0.355 e. The van der Waals surface area contributed by atoms with Crippen LogP contribution < -0.4 is 5.32 Å². The van der Waals surface area contributed by atoms with Crippen molar-refractivity contribution in [2.45, 2.75) is 23.5 Å². The lowest BCUT2D eigenvalue weighted by atomic mass is 9.99. The van der Waals surface area contributed by atoms with Crippen LogP contribution in [0.15, 0.2) is 47.4 Å². The molecule has 1 aliphatic rings. The van der Waals surface area contributed by atoms with Gasteiger partial charge in [-0.05, 0) is 54.8 Å². The lowest BCUT2D eigenvalue weighted by Gasteiger charge is -2.31. The summed E-state index contributed by atoms with van der Waals surface area (Å²) in [6.45, 7) is 0.955. The van der Waals surface area contributed by atoms with Gasteiger partial charge in [0.05, 0.1) is 10.8 Å². The van der Waals surface area contributed by atoms with E-state index in [1.807, 2.05) is 6.07 Å². The van der Waals surface area contributed by atoms with Crippen LogP contribution in [0.5, 0.6) is 0 Å². The number of hydrogen-bond acceptors (Lipinski definition) is 4. The molecule has 10 heteroatoms. The van der Waals surface area contributed by atoms with Gasteiger partial charge in [0.2, 0.25) is 15.9 Å². The van der Waals surface area contributed by atoms with Crippen LogP contribution in [0.1, 0.15) is 18.4 Å². The van der Waals surface area contributed by atoms with Crippen LogP contribution in [0.4, 0.5) is 4.39 Å². The van der Waals surface area contributed by atoms with E-state index in [0.717, 1.165) is 17.7 Å². The Morgan fingerprint density at radius 2 is 1.94 bits per heavy atom. The van der Waals surface area contributed by atoms with Gasteiger partial charge in [0.1, 0.15) is 5.82 Å². The van der Waals surface area contributed by atoms with Gasteiger partial charge in [-0.15, -0.1) is 0 Å². The Hall–Kier alpha value is -1.32. The second-order valence-corrected chi connectivity index (χ2v) is 11.1. The van der Waals surface area contributed by atoms with Gasteiger partial charge in [0.25, 0.3) is 0 Å². The maximum Gasteiger partial charge on any atom is 0.243 e. The normalized spacial score (nSPS) is 17.5. The second-order valence-electron chi connectivity index (χ2n) is 7.24. The zero-order chi connectivity index (χ0) is 22.4. The van der Waals surface area contributed by atoms with Crippen molar-refractivity contribution in [1.82, 2.24) is 9.62 Å². The Bertz CT molecular complexity index is 1020.